The minimum Gasteiger partial charge on any atom is -0.496 e. The number of aliphatic hydroxyl groups is 3. The Hall–Kier alpha value is -1.63. The van der Waals surface area contributed by atoms with Crippen LogP contribution in [-0.4, -0.2) is 46.6 Å². The summed E-state index contributed by atoms with van der Waals surface area (Å²) < 4.78 is 5.40. The van der Waals surface area contributed by atoms with Gasteiger partial charge in [-0.2, -0.15) is 0 Å². The molecule has 0 bridgehead atoms. The van der Waals surface area contributed by atoms with Gasteiger partial charge in [0.1, 0.15) is 5.75 Å². The summed E-state index contributed by atoms with van der Waals surface area (Å²) in [4.78, 5) is 12.7. The SMILES string of the molecule is COc1ccccc1CNC(=O)CC[C@@H](C)[C@@H]1CC[C@@H]2[C@@H]3[C@H](O)C[C@H]4C[C@H](O)CC[C@]4(C)[C@@H]3C[C@H](O)[C@@]21C. The summed E-state index contributed by atoms with van der Waals surface area (Å²) in [7, 11) is 1.64. The van der Waals surface area contributed by atoms with Gasteiger partial charge in [0.2, 0.25) is 5.91 Å². The number of ether oxygens (including phenoxy) is 1. The Kier molecular flexibility index (Phi) is 7.89. The fraction of sp³-hybridized carbons (Fsp3) is 0.781. The molecular formula is C32H49NO5. The molecule has 0 heterocycles. The molecule has 0 aromatic heterocycles. The molecule has 1 amide bonds. The average molecular weight is 528 g/mol. The van der Waals surface area contributed by atoms with E-state index in [1.54, 1.807) is 7.11 Å². The van der Waals surface area contributed by atoms with Crippen molar-refractivity contribution in [2.24, 2.45) is 46.3 Å². The van der Waals surface area contributed by atoms with E-state index >= 15 is 0 Å². The van der Waals surface area contributed by atoms with Gasteiger partial charge in [0.15, 0.2) is 0 Å². The molecular weight excluding hydrogens is 478 g/mol. The van der Waals surface area contributed by atoms with Gasteiger partial charge in [-0.15, -0.1) is 0 Å². The standard InChI is InChI=1S/C32H49NO5/c1-19(9-12-29(37)33-18-20-7-5-6-8-27(20)38-4)23-10-11-24-30-25(17-28(36)32(23,24)3)31(2)14-13-22(34)15-21(31)16-26(30)35/h5-8,19,21-26,28,30,34-36H,9-18H2,1-4H3,(H,33,37)/t19-,21-,22-,23+,24-,25-,26-,28+,30+,31+,32-/m1/s1. The Balaban J connectivity index is 1.23. The molecule has 4 aliphatic carbocycles. The lowest BCUT2D eigenvalue weighted by Gasteiger charge is -2.63. The number of hydrogen-bond acceptors (Lipinski definition) is 5. The Morgan fingerprint density at radius 1 is 1.08 bits per heavy atom. The van der Waals surface area contributed by atoms with Crippen LogP contribution in [0.3, 0.4) is 0 Å². The molecule has 0 aliphatic heterocycles. The summed E-state index contributed by atoms with van der Waals surface area (Å²) in [6, 6.07) is 7.75. The van der Waals surface area contributed by atoms with E-state index < -0.39 is 6.10 Å². The van der Waals surface area contributed by atoms with Crippen molar-refractivity contribution in [2.45, 2.75) is 103 Å². The van der Waals surface area contributed by atoms with E-state index in [9.17, 15) is 20.1 Å². The number of benzene rings is 1. The summed E-state index contributed by atoms with van der Waals surface area (Å²) in [6.45, 7) is 7.36. The molecule has 5 rings (SSSR count). The average Bonchev–Trinajstić information content (AvgIpc) is 3.26. The second kappa shape index (κ2) is 10.7. The van der Waals surface area contributed by atoms with Crippen molar-refractivity contribution in [2.75, 3.05) is 7.11 Å². The van der Waals surface area contributed by atoms with Crippen molar-refractivity contribution in [1.29, 1.82) is 0 Å². The maximum absolute atomic E-state index is 12.7. The summed E-state index contributed by atoms with van der Waals surface area (Å²) in [5.74, 6) is 2.68. The van der Waals surface area contributed by atoms with Crippen LogP contribution in [0.5, 0.6) is 5.75 Å². The number of carbonyl (C=O) groups excluding carboxylic acids is 1. The summed E-state index contributed by atoms with van der Waals surface area (Å²) in [5.41, 5.74) is 0.832. The number of rotatable bonds is 7. The fourth-order valence-electron chi connectivity index (χ4n) is 9.82. The van der Waals surface area contributed by atoms with Crippen LogP contribution in [0.1, 0.15) is 84.1 Å². The van der Waals surface area contributed by atoms with Crippen molar-refractivity contribution in [3.8, 4) is 5.75 Å². The van der Waals surface area contributed by atoms with Crippen molar-refractivity contribution in [3.63, 3.8) is 0 Å². The summed E-state index contributed by atoms with van der Waals surface area (Å²) in [5, 5.41) is 36.6. The number of carbonyl (C=O) groups is 1. The fourth-order valence-corrected chi connectivity index (χ4v) is 9.82. The number of methoxy groups -OCH3 is 1. The van der Waals surface area contributed by atoms with E-state index in [2.05, 4.69) is 26.1 Å². The number of aliphatic hydroxyl groups excluding tert-OH is 3. The van der Waals surface area contributed by atoms with E-state index in [-0.39, 0.29) is 34.9 Å². The minimum absolute atomic E-state index is 0.0490. The monoisotopic (exact) mass is 527 g/mol. The van der Waals surface area contributed by atoms with Crippen LogP contribution in [0.4, 0.5) is 0 Å². The zero-order chi connectivity index (χ0) is 27.2. The third-order valence-corrected chi connectivity index (χ3v) is 12.0. The van der Waals surface area contributed by atoms with Gasteiger partial charge in [-0.25, -0.2) is 0 Å². The van der Waals surface area contributed by atoms with Gasteiger partial charge in [0.05, 0.1) is 25.4 Å². The first-order valence-electron chi connectivity index (χ1n) is 15.0. The van der Waals surface area contributed by atoms with Crippen molar-refractivity contribution >= 4 is 5.91 Å². The van der Waals surface area contributed by atoms with Crippen LogP contribution < -0.4 is 10.1 Å². The molecule has 4 aliphatic rings. The molecule has 0 spiro atoms. The lowest BCUT2D eigenvalue weighted by Crippen LogP contribution is -2.62. The number of nitrogens with one attached hydrogen (secondary N) is 1. The molecule has 6 heteroatoms. The van der Waals surface area contributed by atoms with Crippen LogP contribution in [0.2, 0.25) is 0 Å². The Morgan fingerprint density at radius 3 is 2.61 bits per heavy atom. The van der Waals surface area contributed by atoms with Gasteiger partial charge in [-0.3, -0.25) is 4.79 Å². The predicted octanol–water partition coefficient (Wildman–Crippen LogP) is 4.69. The Labute approximate surface area is 228 Å². The normalized spacial score (nSPS) is 42.9. The molecule has 4 fully saturated rings. The van der Waals surface area contributed by atoms with Crippen LogP contribution in [0.25, 0.3) is 0 Å². The van der Waals surface area contributed by atoms with Gasteiger partial charge < -0.3 is 25.4 Å². The zero-order valence-corrected chi connectivity index (χ0v) is 23.7. The van der Waals surface area contributed by atoms with E-state index in [1.165, 1.54) is 0 Å². The van der Waals surface area contributed by atoms with Crippen LogP contribution >= 0.6 is 0 Å². The highest BCUT2D eigenvalue weighted by molar-refractivity contribution is 5.75. The van der Waals surface area contributed by atoms with Crippen LogP contribution in [-0.2, 0) is 11.3 Å². The predicted molar refractivity (Wildman–Crippen MR) is 147 cm³/mol. The van der Waals surface area contributed by atoms with Gasteiger partial charge in [0, 0.05) is 18.5 Å². The Morgan fingerprint density at radius 2 is 1.84 bits per heavy atom. The third-order valence-electron chi connectivity index (χ3n) is 12.0. The maximum Gasteiger partial charge on any atom is 0.220 e. The summed E-state index contributed by atoms with van der Waals surface area (Å²) in [6.07, 6.45) is 6.52. The Bertz CT molecular complexity index is 1000. The van der Waals surface area contributed by atoms with Gasteiger partial charge >= 0.3 is 0 Å². The molecule has 0 saturated heterocycles. The first-order chi connectivity index (χ1) is 18.1. The topological polar surface area (TPSA) is 99.0 Å². The molecule has 1 aromatic carbocycles. The van der Waals surface area contributed by atoms with Crippen LogP contribution in [0.15, 0.2) is 24.3 Å². The highest BCUT2D eigenvalue weighted by atomic mass is 16.5. The molecule has 4 N–H and O–H groups in total. The van der Waals surface area contributed by atoms with Crippen LogP contribution in [0, 0.1) is 46.3 Å². The van der Waals surface area contributed by atoms with E-state index in [1.807, 2.05) is 24.3 Å². The molecule has 0 unspecified atom stereocenters. The van der Waals surface area contributed by atoms with Crippen molar-refractivity contribution < 1.29 is 24.9 Å². The molecule has 1 aromatic rings. The molecule has 4 saturated carbocycles. The first kappa shape index (κ1) is 27.9. The number of amides is 1. The minimum atomic E-state index is -0.391. The molecule has 0 radical (unpaired) electrons. The zero-order valence-electron chi connectivity index (χ0n) is 23.7. The molecule has 212 valence electrons. The van der Waals surface area contributed by atoms with Gasteiger partial charge in [0.25, 0.3) is 0 Å². The van der Waals surface area contributed by atoms with E-state index in [0.29, 0.717) is 42.6 Å². The molecule has 6 nitrogen and oxygen atoms in total. The maximum atomic E-state index is 12.7. The number of fused-ring (bicyclic) bond motifs is 5. The van der Waals surface area contributed by atoms with Gasteiger partial charge in [-0.1, -0.05) is 39.0 Å². The van der Waals surface area contributed by atoms with Crippen molar-refractivity contribution in [1.82, 2.24) is 5.32 Å². The van der Waals surface area contributed by atoms with Crippen molar-refractivity contribution in [3.05, 3.63) is 29.8 Å². The molecule has 38 heavy (non-hydrogen) atoms. The number of para-hydroxylation sites is 1. The lowest BCUT2D eigenvalue weighted by atomic mass is 9.43. The molecule has 11 atom stereocenters. The number of hydrogen-bond donors (Lipinski definition) is 4. The second-order valence-corrected chi connectivity index (χ2v) is 13.6. The third kappa shape index (κ3) is 4.69. The smallest absolute Gasteiger partial charge is 0.220 e. The highest BCUT2D eigenvalue weighted by Crippen LogP contribution is 2.68. The quantitative estimate of drug-likeness (QED) is 0.412. The largest absolute Gasteiger partial charge is 0.496 e. The van der Waals surface area contributed by atoms with E-state index in [0.717, 1.165) is 62.7 Å². The summed E-state index contributed by atoms with van der Waals surface area (Å²) >= 11 is 0. The second-order valence-electron chi connectivity index (χ2n) is 13.6. The van der Waals surface area contributed by atoms with E-state index in [4.69, 9.17) is 4.74 Å². The van der Waals surface area contributed by atoms with Gasteiger partial charge in [-0.05, 0) is 104 Å². The highest BCUT2D eigenvalue weighted by Gasteiger charge is 2.65. The lowest BCUT2D eigenvalue weighted by molar-refractivity contribution is -0.207. The first-order valence-corrected chi connectivity index (χ1v) is 15.0.